The lowest BCUT2D eigenvalue weighted by Gasteiger charge is -2.19. The van der Waals surface area contributed by atoms with E-state index < -0.39 is 0 Å². The molecule has 1 aliphatic heterocycles. The molecule has 1 aromatic heterocycles. The Morgan fingerprint density at radius 2 is 2.29 bits per heavy atom. The molecule has 0 aromatic carbocycles. The van der Waals surface area contributed by atoms with Crippen molar-refractivity contribution < 1.29 is 4.79 Å². The molecule has 0 bridgehead atoms. The zero-order valence-corrected chi connectivity index (χ0v) is 10.5. The number of hydrogen-bond donors (Lipinski definition) is 2. The summed E-state index contributed by atoms with van der Waals surface area (Å²) in [5.74, 6) is 0.973. The summed E-state index contributed by atoms with van der Waals surface area (Å²) >= 11 is 0. The molecule has 0 saturated carbocycles. The Morgan fingerprint density at radius 1 is 1.59 bits per heavy atom. The van der Waals surface area contributed by atoms with Crippen LogP contribution in [0.25, 0.3) is 0 Å². The van der Waals surface area contributed by atoms with Crippen molar-refractivity contribution in [2.24, 2.45) is 7.05 Å². The Bertz CT molecular complexity index is 439. The average molecular weight is 237 g/mol. The molecule has 94 valence electrons. The second kappa shape index (κ2) is 4.27. The minimum Gasteiger partial charge on any atom is -0.394 e. The van der Waals surface area contributed by atoms with E-state index in [-0.39, 0.29) is 11.9 Å². The van der Waals surface area contributed by atoms with Gasteiger partial charge in [0.2, 0.25) is 5.91 Å². The molecule has 0 aliphatic carbocycles. The molecule has 3 N–H and O–H groups in total. The van der Waals surface area contributed by atoms with Gasteiger partial charge in [-0.3, -0.25) is 9.48 Å². The van der Waals surface area contributed by atoms with Crippen LogP contribution in [0.3, 0.4) is 0 Å². The smallest absolute Gasteiger partial charge is 0.217 e. The maximum atomic E-state index is 11.0. The Balaban J connectivity index is 2.12. The molecule has 2 rings (SSSR count). The van der Waals surface area contributed by atoms with E-state index in [2.05, 4.69) is 15.3 Å². The second-order valence-electron chi connectivity index (χ2n) is 4.58. The van der Waals surface area contributed by atoms with E-state index in [1.54, 1.807) is 11.6 Å². The van der Waals surface area contributed by atoms with E-state index in [0.29, 0.717) is 0 Å². The predicted octanol–water partition coefficient (Wildman–Crippen LogP) is 0.0255. The summed E-state index contributed by atoms with van der Waals surface area (Å²) in [5, 5.41) is 7.24. The Kier molecular flexibility index (Phi) is 2.95. The van der Waals surface area contributed by atoms with Gasteiger partial charge in [0.15, 0.2) is 0 Å². The first-order valence-corrected chi connectivity index (χ1v) is 5.80. The number of aryl methyl sites for hydroxylation is 2. The highest BCUT2D eigenvalue weighted by atomic mass is 16.1. The number of hydrogen-bond acceptors (Lipinski definition) is 4. The van der Waals surface area contributed by atoms with Crippen LogP contribution in [-0.4, -0.2) is 34.8 Å². The number of nitrogen functional groups attached to an aromatic ring is 1. The summed E-state index contributed by atoms with van der Waals surface area (Å²) in [5.41, 5.74) is 7.60. The molecule has 0 radical (unpaired) electrons. The highest BCUT2D eigenvalue weighted by Crippen LogP contribution is 2.28. The van der Waals surface area contributed by atoms with Gasteiger partial charge in [0.05, 0.1) is 11.4 Å². The van der Waals surface area contributed by atoms with Gasteiger partial charge >= 0.3 is 0 Å². The van der Waals surface area contributed by atoms with Gasteiger partial charge in [-0.2, -0.15) is 5.10 Å². The SMILES string of the molecule is CC(=O)NC1CCN(c2c(N)c(C)nn2C)C1. The van der Waals surface area contributed by atoms with Crippen LogP contribution in [-0.2, 0) is 11.8 Å². The molecule has 1 fully saturated rings. The fourth-order valence-electron chi connectivity index (χ4n) is 2.40. The predicted molar refractivity (Wildman–Crippen MR) is 66.8 cm³/mol. The Morgan fingerprint density at radius 3 is 2.82 bits per heavy atom. The summed E-state index contributed by atoms with van der Waals surface area (Å²) in [4.78, 5) is 13.2. The minimum absolute atomic E-state index is 0.0195. The van der Waals surface area contributed by atoms with E-state index >= 15 is 0 Å². The number of rotatable bonds is 2. The molecule has 1 unspecified atom stereocenters. The fourth-order valence-corrected chi connectivity index (χ4v) is 2.40. The molecule has 17 heavy (non-hydrogen) atoms. The first kappa shape index (κ1) is 11.8. The summed E-state index contributed by atoms with van der Waals surface area (Å²) in [7, 11) is 1.89. The van der Waals surface area contributed by atoms with E-state index in [1.165, 1.54) is 0 Å². The van der Waals surface area contributed by atoms with E-state index in [9.17, 15) is 4.79 Å². The van der Waals surface area contributed by atoms with Crippen molar-refractivity contribution in [2.75, 3.05) is 23.7 Å². The van der Waals surface area contributed by atoms with Crippen molar-refractivity contribution in [3.8, 4) is 0 Å². The average Bonchev–Trinajstić information content (AvgIpc) is 2.73. The van der Waals surface area contributed by atoms with Gasteiger partial charge in [0, 0.05) is 33.1 Å². The van der Waals surface area contributed by atoms with Crippen LogP contribution >= 0.6 is 0 Å². The van der Waals surface area contributed by atoms with Crippen molar-refractivity contribution in [3.63, 3.8) is 0 Å². The maximum absolute atomic E-state index is 11.0. The zero-order chi connectivity index (χ0) is 12.6. The van der Waals surface area contributed by atoms with Gasteiger partial charge in [-0.25, -0.2) is 0 Å². The number of nitrogens with two attached hydrogens (primary N) is 1. The first-order valence-electron chi connectivity index (χ1n) is 5.80. The summed E-state index contributed by atoms with van der Waals surface area (Å²) in [6, 6.07) is 0.210. The molecule has 1 atom stereocenters. The standard InChI is InChI=1S/C11H19N5O/c1-7-10(12)11(15(3)14-7)16-5-4-9(6-16)13-8(2)17/h9H,4-6,12H2,1-3H3,(H,13,17). The summed E-state index contributed by atoms with van der Waals surface area (Å²) in [6.45, 7) is 5.14. The summed E-state index contributed by atoms with van der Waals surface area (Å²) < 4.78 is 1.81. The third kappa shape index (κ3) is 2.20. The lowest BCUT2D eigenvalue weighted by molar-refractivity contribution is -0.119. The topological polar surface area (TPSA) is 76.2 Å². The van der Waals surface area contributed by atoms with Gasteiger partial charge in [0.25, 0.3) is 0 Å². The number of carbonyl (C=O) groups is 1. The van der Waals surface area contributed by atoms with E-state index in [4.69, 9.17) is 5.73 Å². The van der Waals surface area contributed by atoms with Gasteiger partial charge in [-0.05, 0) is 13.3 Å². The Hall–Kier alpha value is -1.72. The molecule has 6 heteroatoms. The quantitative estimate of drug-likeness (QED) is 0.760. The summed E-state index contributed by atoms with van der Waals surface area (Å²) in [6.07, 6.45) is 0.948. The maximum Gasteiger partial charge on any atom is 0.217 e. The molecule has 1 saturated heterocycles. The first-order chi connectivity index (χ1) is 7.99. The Labute approximate surface area is 101 Å². The molecule has 1 amide bonds. The van der Waals surface area contributed by atoms with Crippen LogP contribution < -0.4 is 16.0 Å². The van der Waals surface area contributed by atoms with Gasteiger partial charge < -0.3 is 16.0 Å². The third-order valence-corrected chi connectivity index (χ3v) is 3.13. The number of amides is 1. The molecule has 2 heterocycles. The fraction of sp³-hybridized carbons (Fsp3) is 0.636. The number of aromatic nitrogens is 2. The second-order valence-corrected chi connectivity index (χ2v) is 4.58. The molecule has 0 spiro atoms. The third-order valence-electron chi connectivity index (χ3n) is 3.13. The molecule has 1 aromatic rings. The van der Waals surface area contributed by atoms with Crippen LogP contribution in [0.5, 0.6) is 0 Å². The highest BCUT2D eigenvalue weighted by molar-refractivity contribution is 5.73. The van der Waals surface area contributed by atoms with Crippen LogP contribution in [0.4, 0.5) is 11.5 Å². The highest BCUT2D eigenvalue weighted by Gasteiger charge is 2.27. The van der Waals surface area contributed by atoms with Crippen molar-refractivity contribution >= 4 is 17.4 Å². The van der Waals surface area contributed by atoms with Crippen LogP contribution in [0.1, 0.15) is 19.0 Å². The van der Waals surface area contributed by atoms with Crippen LogP contribution in [0.2, 0.25) is 0 Å². The van der Waals surface area contributed by atoms with Crippen molar-refractivity contribution in [1.82, 2.24) is 15.1 Å². The van der Waals surface area contributed by atoms with E-state index in [1.807, 2.05) is 14.0 Å². The van der Waals surface area contributed by atoms with Crippen LogP contribution in [0, 0.1) is 6.92 Å². The lowest BCUT2D eigenvalue weighted by Crippen LogP contribution is -2.36. The lowest BCUT2D eigenvalue weighted by atomic mass is 10.2. The van der Waals surface area contributed by atoms with Crippen molar-refractivity contribution in [1.29, 1.82) is 0 Å². The van der Waals surface area contributed by atoms with Crippen LogP contribution in [0.15, 0.2) is 0 Å². The van der Waals surface area contributed by atoms with E-state index in [0.717, 1.165) is 36.7 Å². The molecule has 1 aliphatic rings. The van der Waals surface area contributed by atoms with Crippen molar-refractivity contribution in [3.05, 3.63) is 5.69 Å². The van der Waals surface area contributed by atoms with Gasteiger partial charge in [0.1, 0.15) is 5.82 Å². The molecular formula is C11H19N5O. The monoisotopic (exact) mass is 237 g/mol. The number of nitrogens with zero attached hydrogens (tertiary/aromatic N) is 3. The van der Waals surface area contributed by atoms with Gasteiger partial charge in [-0.1, -0.05) is 0 Å². The molecular weight excluding hydrogens is 218 g/mol. The number of carbonyl (C=O) groups excluding carboxylic acids is 1. The largest absolute Gasteiger partial charge is 0.394 e. The number of anilines is 2. The zero-order valence-electron chi connectivity index (χ0n) is 10.5. The molecule has 6 nitrogen and oxygen atoms in total. The normalized spacial score (nSPS) is 19.7. The minimum atomic E-state index is 0.0195. The van der Waals surface area contributed by atoms with Crippen molar-refractivity contribution in [2.45, 2.75) is 26.3 Å². The van der Waals surface area contributed by atoms with Gasteiger partial charge in [-0.15, -0.1) is 0 Å². The number of nitrogens with one attached hydrogen (secondary N) is 1.